The normalized spacial score (nSPS) is 11.5. The van der Waals surface area contributed by atoms with Gasteiger partial charge in [-0.25, -0.2) is 9.97 Å². The van der Waals surface area contributed by atoms with Gasteiger partial charge in [-0.2, -0.15) is 0 Å². The van der Waals surface area contributed by atoms with Crippen molar-refractivity contribution < 1.29 is 0 Å². The molecule has 34 heavy (non-hydrogen) atoms. The second-order valence-corrected chi connectivity index (χ2v) is 8.78. The Morgan fingerprint density at radius 2 is 1.26 bits per heavy atom. The summed E-state index contributed by atoms with van der Waals surface area (Å²) >= 11 is 0. The molecule has 0 amide bonds. The van der Waals surface area contributed by atoms with Gasteiger partial charge in [-0.05, 0) is 86.3 Å². The molecule has 0 saturated carbocycles. The first-order chi connectivity index (χ1) is 16.5. The number of hydrogen-bond acceptors (Lipinski definition) is 4. The first-order valence-corrected chi connectivity index (χ1v) is 11.3. The Morgan fingerprint density at radius 1 is 0.647 bits per heavy atom. The number of hydrogen-bond donors (Lipinski definition) is 2. The van der Waals surface area contributed by atoms with Crippen LogP contribution < -0.4 is 0 Å². The van der Waals surface area contributed by atoms with E-state index in [4.69, 9.17) is 9.97 Å². The molecule has 0 atom stereocenters. The van der Waals surface area contributed by atoms with Crippen LogP contribution in [-0.4, -0.2) is 29.9 Å². The SMILES string of the molecule is Cc1cc2[nH]c(-c3ccccn3)nc2c(-c2cc(C)c(C)c3nc(-c4ccccn4)[nH]c23)c1C. The highest BCUT2D eigenvalue weighted by Gasteiger charge is 2.21. The highest BCUT2D eigenvalue weighted by molar-refractivity contribution is 6.05. The molecular formula is C28H24N6. The van der Waals surface area contributed by atoms with Gasteiger partial charge in [0.1, 0.15) is 11.4 Å². The van der Waals surface area contributed by atoms with Crippen molar-refractivity contribution in [2.45, 2.75) is 27.7 Å². The summed E-state index contributed by atoms with van der Waals surface area (Å²) < 4.78 is 0. The molecule has 4 heterocycles. The van der Waals surface area contributed by atoms with E-state index in [-0.39, 0.29) is 0 Å². The number of benzene rings is 2. The molecule has 6 nitrogen and oxygen atoms in total. The van der Waals surface area contributed by atoms with Crippen molar-refractivity contribution in [3.63, 3.8) is 0 Å². The number of nitrogens with one attached hydrogen (secondary N) is 2. The van der Waals surface area contributed by atoms with Crippen LogP contribution in [-0.2, 0) is 0 Å². The number of aromatic amines is 2. The molecule has 0 aliphatic carbocycles. The highest BCUT2D eigenvalue weighted by atomic mass is 15.0. The van der Waals surface area contributed by atoms with Gasteiger partial charge in [0, 0.05) is 23.5 Å². The molecule has 0 aliphatic heterocycles. The molecule has 2 aromatic carbocycles. The van der Waals surface area contributed by atoms with E-state index in [0.717, 1.165) is 61.8 Å². The van der Waals surface area contributed by atoms with E-state index in [1.165, 1.54) is 16.7 Å². The summed E-state index contributed by atoms with van der Waals surface area (Å²) in [5.74, 6) is 1.53. The number of imidazole rings is 2. The maximum atomic E-state index is 5.02. The van der Waals surface area contributed by atoms with Crippen molar-refractivity contribution in [3.8, 4) is 34.2 Å². The fourth-order valence-electron chi connectivity index (χ4n) is 4.58. The number of H-pyrrole nitrogens is 2. The van der Waals surface area contributed by atoms with Crippen LogP contribution in [0.5, 0.6) is 0 Å². The largest absolute Gasteiger partial charge is 0.337 e. The first kappa shape index (κ1) is 20.3. The van der Waals surface area contributed by atoms with Crippen LogP contribution in [0, 0.1) is 27.7 Å². The molecule has 6 aromatic rings. The summed E-state index contributed by atoms with van der Waals surface area (Å²) in [4.78, 5) is 26.0. The summed E-state index contributed by atoms with van der Waals surface area (Å²) in [6.07, 6.45) is 3.58. The Labute approximate surface area is 197 Å². The van der Waals surface area contributed by atoms with E-state index in [2.05, 4.69) is 59.8 Å². The Balaban J connectivity index is 1.67. The predicted octanol–water partition coefficient (Wildman–Crippen LogP) is 6.46. The Hall–Kier alpha value is -4.32. The number of rotatable bonds is 3. The molecule has 0 unspecified atom stereocenters. The van der Waals surface area contributed by atoms with Gasteiger partial charge in [0.25, 0.3) is 0 Å². The monoisotopic (exact) mass is 444 g/mol. The number of aromatic nitrogens is 6. The second-order valence-electron chi connectivity index (χ2n) is 8.78. The van der Waals surface area contributed by atoms with E-state index >= 15 is 0 Å². The van der Waals surface area contributed by atoms with Gasteiger partial charge >= 0.3 is 0 Å². The van der Waals surface area contributed by atoms with Gasteiger partial charge in [-0.15, -0.1) is 0 Å². The Morgan fingerprint density at radius 3 is 1.91 bits per heavy atom. The second kappa shape index (κ2) is 7.63. The molecule has 0 spiro atoms. The van der Waals surface area contributed by atoms with Gasteiger partial charge in [-0.1, -0.05) is 12.1 Å². The third kappa shape index (κ3) is 3.10. The van der Waals surface area contributed by atoms with Gasteiger partial charge in [0.15, 0.2) is 11.6 Å². The standard InChI is InChI=1S/C28H24N6/c1-15-13-19(25-24(18(15)4)32-28(33-25)21-10-6-8-12-30-21)23-17(3)16(2)14-22-26(23)34-27(31-22)20-9-5-7-11-29-20/h5-14H,1-4H3,(H,31,34)(H,32,33). The first-order valence-electron chi connectivity index (χ1n) is 11.3. The average Bonchev–Trinajstić information content (AvgIpc) is 3.49. The van der Waals surface area contributed by atoms with Crippen LogP contribution in [0.1, 0.15) is 22.3 Å². The van der Waals surface area contributed by atoms with Crippen molar-refractivity contribution in [1.82, 2.24) is 29.9 Å². The zero-order chi connectivity index (χ0) is 23.4. The molecule has 0 fully saturated rings. The average molecular weight is 445 g/mol. The molecular weight excluding hydrogens is 420 g/mol. The third-order valence-corrected chi connectivity index (χ3v) is 6.66. The van der Waals surface area contributed by atoms with E-state index in [1.54, 1.807) is 12.4 Å². The van der Waals surface area contributed by atoms with E-state index in [0.29, 0.717) is 0 Å². The van der Waals surface area contributed by atoms with Crippen molar-refractivity contribution in [2.75, 3.05) is 0 Å². The highest BCUT2D eigenvalue weighted by Crippen LogP contribution is 2.39. The third-order valence-electron chi connectivity index (χ3n) is 6.66. The van der Waals surface area contributed by atoms with E-state index in [1.807, 2.05) is 36.4 Å². The van der Waals surface area contributed by atoms with Gasteiger partial charge in [-0.3, -0.25) is 9.97 Å². The van der Waals surface area contributed by atoms with Crippen molar-refractivity contribution in [2.24, 2.45) is 0 Å². The molecule has 166 valence electrons. The molecule has 2 N–H and O–H groups in total. The summed E-state index contributed by atoms with van der Waals surface area (Å²) in [5, 5.41) is 0. The lowest BCUT2D eigenvalue weighted by Gasteiger charge is -2.13. The fourth-order valence-corrected chi connectivity index (χ4v) is 4.58. The van der Waals surface area contributed by atoms with Crippen LogP contribution in [0.4, 0.5) is 0 Å². The Kier molecular flexibility index (Phi) is 4.55. The van der Waals surface area contributed by atoms with Crippen LogP contribution in [0.15, 0.2) is 60.9 Å². The maximum Gasteiger partial charge on any atom is 0.157 e. The zero-order valence-corrected chi connectivity index (χ0v) is 19.6. The van der Waals surface area contributed by atoms with Gasteiger partial charge in [0.05, 0.1) is 22.1 Å². The minimum atomic E-state index is 0.765. The van der Waals surface area contributed by atoms with Crippen molar-refractivity contribution >= 4 is 22.1 Å². The van der Waals surface area contributed by atoms with Crippen LogP contribution >= 0.6 is 0 Å². The molecule has 6 heteroatoms. The van der Waals surface area contributed by atoms with Gasteiger partial charge < -0.3 is 9.97 Å². The molecule has 0 bridgehead atoms. The van der Waals surface area contributed by atoms with Crippen LogP contribution in [0.25, 0.3) is 56.2 Å². The topological polar surface area (TPSA) is 83.1 Å². The van der Waals surface area contributed by atoms with E-state index in [9.17, 15) is 0 Å². The summed E-state index contributed by atoms with van der Waals surface area (Å²) in [6, 6.07) is 16.1. The summed E-state index contributed by atoms with van der Waals surface area (Å²) in [7, 11) is 0. The summed E-state index contributed by atoms with van der Waals surface area (Å²) in [5.41, 5.74) is 12.5. The van der Waals surface area contributed by atoms with Crippen molar-refractivity contribution in [3.05, 3.63) is 83.2 Å². The molecule has 6 rings (SSSR count). The zero-order valence-electron chi connectivity index (χ0n) is 19.6. The lowest BCUT2D eigenvalue weighted by atomic mass is 9.92. The Bertz CT molecular complexity index is 1680. The van der Waals surface area contributed by atoms with Crippen LogP contribution in [0.2, 0.25) is 0 Å². The quantitative estimate of drug-likeness (QED) is 0.328. The lowest BCUT2D eigenvalue weighted by Crippen LogP contribution is -1.94. The van der Waals surface area contributed by atoms with Crippen LogP contribution in [0.3, 0.4) is 0 Å². The summed E-state index contributed by atoms with van der Waals surface area (Å²) in [6.45, 7) is 8.57. The maximum absolute atomic E-state index is 5.02. The minimum absolute atomic E-state index is 0.765. The number of nitrogens with zero attached hydrogens (tertiary/aromatic N) is 4. The van der Waals surface area contributed by atoms with E-state index < -0.39 is 0 Å². The smallest absolute Gasteiger partial charge is 0.157 e. The molecule has 0 aliphatic rings. The molecule has 4 aromatic heterocycles. The lowest BCUT2D eigenvalue weighted by molar-refractivity contribution is 1.23. The van der Waals surface area contributed by atoms with Crippen molar-refractivity contribution in [1.29, 1.82) is 0 Å². The fraction of sp³-hybridized carbons (Fsp3) is 0.143. The number of pyridine rings is 2. The number of fused-ring (bicyclic) bond motifs is 2. The predicted molar refractivity (Wildman–Crippen MR) is 137 cm³/mol. The molecule has 0 saturated heterocycles. The van der Waals surface area contributed by atoms with Gasteiger partial charge in [0.2, 0.25) is 0 Å². The molecule has 0 radical (unpaired) electrons. The number of aryl methyl sites for hydroxylation is 3. The minimum Gasteiger partial charge on any atom is -0.337 e.